The van der Waals surface area contributed by atoms with Crippen LogP contribution in [0, 0.1) is 12.8 Å². The third kappa shape index (κ3) is 6.02. The lowest BCUT2D eigenvalue weighted by Gasteiger charge is -2.06. The van der Waals surface area contributed by atoms with Crippen LogP contribution < -0.4 is 10.0 Å². The average Bonchev–Trinajstić information content (AvgIpc) is 3.21. The van der Waals surface area contributed by atoms with Crippen molar-refractivity contribution in [3.05, 3.63) is 28.5 Å². The van der Waals surface area contributed by atoms with Crippen molar-refractivity contribution in [2.45, 2.75) is 44.7 Å². The number of carbonyl (C=O) groups excluding carboxylic acids is 1. The molecule has 1 amide bonds. The molecule has 0 atom stereocenters. The minimum atomic E-state index is -3.50. The van der Waals surface area contributed by atoms with Crippen LogP contribution >= 0.6 is 11.3 Å². The number of rotatable bonds is 9. The predicted molar refractivity (Wildman–Crippen MR) is 108 cm³/mol. The van der Waals surface area contributed by atoms with Crippen LogP contribution in [0.25, 0.3) is 12.2 Å². The second-order valence-electron chi connectivity index (χ2n) is 6.48. The number of hydrogen-bond acceptors (Lipinski definition) is 6. The van der Waals surface area contributed by atoms with Gasteiger partial charge in [0.25, 0.3) is 0 Å². The minimum absolute atomic E-state index is 0.132. The van der Waals surface area contributed by atoms with E-state index in [1.807, 2.05) is 13.8 Å². The van der Waals surface area contributed by atoms with Crippen LogP contribution in [0.3, 0.4) is 0 Å². The van der Waals surface area contributed by atoms with Crippen LogP contribution in [-0.4, -0.2) is 26.0 Å². The van der Waals surface area contributed by atoms with Gasteiger partial charge < -0.3 is 9.84 Å². The molecule has 148 valence electrons. The van der Waals surface area contributed by atoms with Crippen LogP contribution in [0.1, 0.15) is 49.9 Å². The molecule has 0 unspecified atom stereocenters. The summed E-state index contributed by atoms with van der Waals surface area (Å²) in [5.74, 6) is 0.720. The van der Waals surface area contributed by atoms with Gasteiger partial charge in [0.2, 0.25) is 15.9 Å². The zero-order chi connectivity index (χ0) is 20.0. The second kappa shape index (κ2) is 9.29. The molecule has 0 aliphatic carbocycles. The molecule has 0 spiro atoms. The summed E-state index contributed by atoms with van der Waals surface area (Å²) in [6.45, 7) is 8.01. The Hall–Kier alpha value is -1.97. The summed E-state index contributed by atoms with van der Waals surface area (Å²) in [4.78, 5) is 12.4. The number of aromatic nitrogens is 1. The van der Waals surface area contributed by atoms with Gasteiger partial charge in [-0.1, -0.05) is 25.9 Å². The number of amides is 1. The van der Waals surface area contributed by atoms with Crippen molar-refractivity contribution in [3.8, 4) is 0 Å². The summed E-state index contributed by atoms with van der Waals surface area (Å²) in [5, 5.41) is 6.62. The van der Waals surface area contributed by atoms with E-state index in [1.54, 1.807) is 38.1 Å². The standard InChI is InChI=1S/C18H25N3O4S2/c1-5-16(22)20-18-13(4)21-25-15(18)8-6-14-7-9-17(26-14)27(23,24)19-11-10-12(2)3/h6-9,12,19H,5,10-11H2,1-4H3,(H,20,22)/b8-6+. The zero-order valence-electron chi connectivity index (χ0n) is 15.9. The fourth-order valence-electron chi connectivity index (χ4n) is 2.16. The summed E-state index contributed by atoms with van der Waals surface area (Å²) in [6.07, 6.45) is 4.54. The van der Waals surface area contributed by atoms with Gasteiger partial charge in [-0.05, 0) is 43.5 Å². The molecule has 0 aromatic carbocycles. The lowest BCUT2D eigenvalue weighted by molar-refractivity contribution is -0.115. The Morgan fingerprint density at radius 1 is 1.33 bits per heavy atom. The molecule has 2 aromatic heterocycles. The first kappa shape index (κ1) is 21.3. The van der Waals surface area contributed by atoms with E-state index in [1.165, 1.54) is 0 Å². The number of nitrogens with one attached hydrogen (secondary N) is 2. The lowest BCUT2D eigenvalue weighted by Crippen LogP contribution is -2.24. The number of anilines is 1. The minimum Gasteiger partial charge on any atom is -0.354 e. The maximum atomic E-state index is 12.3. The van der Waals surface area contributed by atoms with E-state index < -0.39 is 10.0 Å². The molecule has 0 saturated heterocycles. The molecule has 0 radical (unpaired) electrons. The molecule has 2 aromatic rings. The maximum absolute atomic E-state index is 12.3. The zero-order valence-corrected chi connectivity index (χ0v) is 17.5. The Morgan fingerprint density at radius 2 is 2.07 bits per heavy atom. The van der Waals surface area contributed by atoms with E-state index in [0.717, 1.165) is 22.6 Å². The Morgan fingerprint density at radius 3 is 2.74 bits per heavy atom. The van der Waals surface area contributed by atoms with E-state index in [-0.39, 0.29) is 10.1 Å². The Labute approximate surface area is 163 Å². The summed E-state index contributed by atoms with van der Waals surface area (Å²) >= 11 is 1.16. The first-order chi connectivity index (χ1) is 12.7. The highest BCUT2D eigenvalue weighted by atomic mass is 32.2. The molecule has 9 heteroatoms. The molecular weight excluding hydrogens is 386 g/mol. The highest BCUT2D eigenvalue weighted by molar-refractivity contribution is 7.91. The summed E-state index contributed by atoms with van der Waals surface area (Å²) in [5.41, 5.74) is 1.11. The van der Waals surface area contributed by atoms with E-state index in [4.69, 9.17) is 4.52 Å². The van der Waals surface area contributed by atoms with Crippen molar-refractivity contribution in [1.82, 2.24) is 9.88 Å². The van der Waals surface area contributed by atoms with Crippen LogP contribution in [0.15, 0.2) is 20.9 Å². The summed E-state index contributed by atoms with van der Waals surface area (Å²) < 4.78 is 32.7. The Kier molecular flexibility index (Phi) is 7.34. The quantitative estimate of drug-likeness (QED) is 0.652. The Bertz CT molecular complexity index is 911. The fraction of sp³-hybridized carbons (Fsp3) is 0.444. The monoisotopic (exact) mass is 411 g/mol. The SMILES string of the molecule is CCC(=O)Nc1c(C)noc1/C=C/c1ccc(S(=O)(=O)NCCC(C)C)s1. The van der Waals surface area contributed by atoms with Gasteiger partial charge in [0.05, 0.1) is 0 Å². The molecule has 7 nitrogen and oxygen atoms in total. The molecule has 2 rings (SSSR count). The smallest absolute Gasteiger partial charge is 0.250 e. The molecule has 0 saturated carbocycles. The second-order valence-corrected chi connectivity index (χ2v) is 9.59. The Balaban J connectivity index is 2.11. The largest absolute Gasteiger partial charge is 0.354 e. The molecular formula is C18H25N3O4S2. The average molecular weight is 412 g/mol. The van der Waals surface area contributed by atoms with Crippen LogP contribution in [-0.2, 0) is 14.8 Å². The highest BCUT2D eigenvalue weighted by Crippen LogP contribution is 2.26. The van der Waals surface area contributed by atoms with Gasteiger partial charge in [0.15, 0.2) is 5.76 Å². The van der Waals surface area contributed by atoms with Gasteiger partial charge in [-0.25, -0.2) is 13.1 Å². The number of hydrogen-bond donors (Lipinski definition) is 2. The van der Waals surface area contributed by atoms with Gasteiger partial charge in [-0.3, -0.25) is 4.79 Å². The third-order valence-electron chi connectivity index (χ3n) is 3.75. The molecule has 2 N–H and O–H groups in total. The molecule has 0 aliphatic rings. The summed E-state index contributed by atoms with van der Waals surface area (Å²) in [6, 6.07) is 3.30. The van der Waals surface area contributed by atoms with Gasteiger partial charge in [0.1, 0.15) is 15.6 Å². The topological polar surface area (TPSA) is 101 Å². The van der Waals surface area contributed by atoms with Gasteiger partial charge in [-0.15, -0.1) is 11.3 Å². The maximum Gasteiger partial charge on any atom is 0.250 e. The van der Waals surface area contributed by atoms with Crippen molar-refractivity contribution < 1.29 is 17.7 Å². The number of sulfonamides is 1. The molecule has 27 heavy (non-hydrogen) atoms. The van der Waals surface area contributed by atoms with Crippen molar-refractivity contribution >= 4 is 45.1 Å². The first-order valence-electron chi connectivity index (χ1n) is 8.76. The number of nitrogens with zero attached hydrogens (tertiary/aromatic N) is 1. The van der Waals surface area contributed by atoms with Crippen LogP contribution in [0.5, 0.6) is 0 Å². The van der Waals surface area contributed by atoms with Crippen LogP contribution in [0.4, 0.5) is 5.69 Å². The highest BCUT2D eigenvalue weighted by Gasteiger charge is 2.16. The number of carbonyl (C=O) groups is 1. The van der Waals surface area contributed by atoms with Gasteiger partial charge in [0, 0.05) is 17.8 Å². The van der Waals surface area contributed by atoms with Crippen molar-refractivity contribution in [3.63, 3.8) is 0 Å². The van der Waals surface area contributed by atoms with Crippen molar-refractivity contribution in [2.24, 2.45) is 5.92 Å². The normalized spacial score (nSPS) is 12.2. The van der Waals surface area contributed by atoms with Crippen LogP contribution in [0.2, 0.25) is 0 Å². The van der Waals surface area contributed by atoms with Gasteiger partial charge in [-0.2, -0.15) is 0 Å². The number of aryl methyl sites for hydroxylation is 1. The van der Waals surface area contributed by atoms with E-state index >= 15 is 0 Å². The predicted octanol–water partition coefficient (Wildman–Crippen LogP) is 3.89. The molecule has 0 aliphatic heterocycles. The van der Waals surface area contributed by atoms with Gasteiger partial charge >= 0.3 is 0 Å². The molecule has 2 heterocycles. The molecule has 0 fully saturated rings. The van der Waals surface area contributed by atoms with E-state index in [9.17, 15) is 13.2 Å². The van der Waals surface area contributed by atoms with E-state index in [2.05, 4.69) is 15.2 Å². The van der Waals surface area contributed by atoms with Crippen molar-refractivity contribution in [1.29, 1.82) is 0 Å². The first-order valence-corrected chi connectivity index (χ1v) is 11.1. The lowest BCUT2D eigenvalue weighted by atomic mass is 10.1. The third-order valence-corrected chi connectivity index (χ3v) is 6.76. The summed E-state index contributed by atoms with van der Waals surface area (Å²) in [7, 11) is -3.50. The fourth-order valence-corrected chi connectivity index (χ4v) is 4.48. The molecule has 0 bridgehead atoms. The van der Waals surface area contributed by atoms with Crippen molar-refractivity contribution in [2.75, 3.05) is 11.9 Å². The van der Waals surface area contributed by atoms with E-state index in [0.29, 0.717) is 36.0 Å². The number of thiophene rings is 1.